The van der Waals surface area contributed by atoms with Crippen molar-refractivity contribution in [2.75, 3.05) is 47.0 Å². The van der Waals surface area contributed by atoms with Gasteiger partial charge in [0, 0.05) is 45.2 Å². The van der Waals surface area contributed by atoms with Crippen molar-refractivity contribution in [1.29, 1.82) is 0 Å². The van der Waals surface area contributed by atoms with E-state index in [0.717, 1.165) is 49.9 Å². The van der Waals surface area contributed by atoms with Gasteiger partial charge in [-0.25, -0.2) is 0 Å². The van der Waals surface area contributed by atoms with Crippen molar-refractivity contribution < 1.29 is 14.3 Å². The van der Waals surface area contributed by atoms with E-state index in [9.17, 15) is 4.79 Å². The molecule has 1 amide bonds. The van der Waals surface area contributed by atoms with Crippen LogP contribution in [0.5, 0.6) is 5.75 Å². The molecule has 3 fully saturated rings. The zero-order valence-electron chi connectivity index (χ0n) is 17.4. The highest BCUT2D eigenvalue weighted by Crippen LogP contribution is 2.47. The number of benzene rings is 1. The summed E-state index contributed by atoms with van der Waals surface area (Å²) in [5.41, 5.74) is 1.36. The Bertz CT molecular complexity index is 680. The van der Waals surface area contributed by atoms with Crippen LogP contribution in [0.15, 0.2) is 24.3 Å². The van der Waals surface area contributed by atoms with Crippen molar-refractivity contribution in [2.45, 2.75) is 44.6 Å². The second kappa shape index (κ2) is 8.42. The number of piperidine rings is 1. The van der Waals surface area contributed by atoms with E-state index in [1.165, 1.54) is 32.4 Å². The number of amides is 1. The quantitative estimate of drug-likeness (QED) is 0.754. The maximum Gasteiger partial charge on any atom is 0.226 e. The fraction of sp³-hybridized carbons (Fsp3) is 0.696. The number of methoxy groups -OCH3 is 2. The number of ether oxygens (including phenoxy) is 2. The number of rotatable bonds is 6. The summed E-state index contributed by atoms with van der Waals surface area (Å²) in [5, 5.41) is 0. The molecule has 1 saturated carbocycles. The summed E-state index contributed by atoms with van der Waals surface area (Å²) in [6.07, 6.45) is 6.78. The highest BCUT2D eigenvalue weighted by Gasteiger charge is 2.50. The molecule has 1 aromatic carbocycles. The van der Waals surface area contributed by atoms with Crippen molar-refractivity contribution in [3.05, 3.63) is 29.8 Å². The van der Waals surface area contributed by atoms with Crippen LogP contribution in [0.25, 0.3) is 0 Å². The van der Waals surface area contributed by atoms with Crippen LogP contribution in [-0.4, -0.2) is 68.8 Å². The number of likely N-dealkylation sites (tertiary alicyclic amines) is 2. The topological polar surface area (TPSA) is 42.0 Å². The van der Waals surface area contributed by atoms with Crippen LogP contribution >= 0.6 is 0 Å². The van der Waals surface area contributed by atoms with Gasteiger partial charge >= 0.3 is 0 Å². The predicted octanol–water partition coefficient (Wildman–Crippen LogP) is 2.98. The van der Waals surface area contributed by atoms with Gasteiger partial charge in [-0.15, -0.1) is 0 Å². The van der Waals surface area contributed by atoms with E-state index in [2.05, 4.69) is 9.80 Å². The number of carbonyl (C=O) groups is 1. The molecule has 1 aliphatic carbocycles. The molecule has 2 heterocycles. The third kappa shape index (κ3) is 3.92. The van der Waals surface area contributed by atoms with E-state index in [4.69, 9.17) is 9.47 Å². The molecule has 1 aromatic rings. The summed E-state index contributed by atoms with van der Waals surface area (Å²) in [6.45, 7) is 4.98. The van der Waals surface area contributed by atoms with E-state index in [-0.39, 0.29) is 5.91 Å². The number of nitrogens with zero attached hydrogens (tertiary/aromatic N) is 2. The summed E-state index contributed by atoms with van der Waals surface area (Å²) in [7, 11) is 3.49. The number of hydrogen-bond donors (Lipinski definition) is 0. The normalized spacial score (nSPS) is 25.1. The first-order valence-corrected chi connectivity index (χ1v) is 10.8. The molecule has 2 saturated heterocycles. The summed E-state index contributed by atoms with van der Waals surface area (Å²) in [6, 6.07) is 8.64. The molecule has 1 spiro atoms. The summed E-state index contributed by atoms with van der Waals surface area (Å²) in [5.74, 6) is 1.65. The van der Waals surface area contributed by atoms with Crippen LogP contribution < -0.4 is 4.74 Å². The average Bonchev–Trinajstić information content (AvgIpc) is 2.98. The van der Waals surface area contributed by atoms with Crippen molar-refractivity contribution in [2.24, 2.45) is 11.3 Å². The minimum absolute atomic E-state index is 0.236. The summed E-state index contributed by atoms with van der Waals surface area (Å²) >= 11 is 0. The van der Waals surface area contributed by atoms with E-state index in [1.807, 2.05) is 31.4 Å². The van der Waals surface area contributed by atoms with Crippen LogP contribution in [-0.2, 0) is 16.0 Å². The van der Waals surface area contributed by atoms with Crippen LogP contribution in [0.1, 0.15) is 37.7 Å². The van der Waals surface area contributed by atoms with E-state index < -0.39 is 0 Å². The van der Waals surface area contributed by atoms with Gasteiger partial charge in [0.05, 0.1) is 20.1 Å². The molecule has 1 unspecified atom stereocenters. The zero-order chi connectivity index (χ0) is 19.6. The molecule has 5 nitrogen and oxygen atoms in total. The highest BCUT2D eigenvalue weighted by atomic mass is 16.5. The lowest BCUT2D eigenvalue weighted by Crippen LogP contribution is -2.48. The Balaban J connectivity index is 1.36. The maximum absolute atomic E-state index is 12.9. The average molecular weight is 387 g/mol. The predicted molar refractivity (Wildman–Crippen MR) is 110 cm³/mol. The van der Waals surface area contributed by atoms with Gasteiger partial charge in [-0.3, -0.25) is 9.69 Å². The smallest absolute Gasteiger partial charge is 0.226 e. The van der Waals surface area contributed by atoms with E-state index >= 15 is 0 Å². The molecular weight excluding hydrogens is 352 g/mol. The standard InChI is InChI=1S/C23H34N2O3/c1-27-16-19-15-25(20-6-4-7-20)17-23(19)9-11-24(12-10-23)22(26)14-18-5-3-8-21(13-18)28-2/h3,5,8,13,19-20H,4,6-7,9-12,14-17H2,1-2H3. The molecule has 0 bridgehead atoms. The third-order valence-electron chi connectivity index (χ3n) is 7.40. The van der Waals surface area contributed by atoms with Gasteiger partial charge in [0.2, 0.25) is 5.91 Å². The Kier molecular flexibility index (Phi) is 5.93. The first kappa shape index (κ1) is 19.7. The Morgan fingerprint density at radius 3 is 2.64 bits per heavy atom. The molecule has 4 rings (SSSR count). The maximum atomic E-state index is 12.9. The minimum Gasteiger partial charge on any atom is -0.497 e. The lowest BCUT2D eigenvalue weighted by atomic mass is 9.71. The summed E-state index contributed by atoms with van der Waals surface area (Å²) in [4.78, 5) is 17.6. The van der Waals surface area contributed by atoms with Crippen molar-refractivity contribution >= 4 is 5.91 Å². The molecule has 0 radical (unpaired) electrons. The van der Waals surface area contributed by atoms with Crippen LogP contribution in [0.4, 0.5) is 0 Å². The van der Waals surface area contributed by atoms with Crippen LogP contribution in [0.3, 0.4) is 0 Å². The van der Waals surface area contributed by atoms with Gasteiger partial charge in [-0.2, -0.15) is 0 Å². The molecule has 154 valence electrons. The third-order valence-corrected chi connectivity index (χ3v) is 7.40. The van der Waals surface area contributed by atoms with Crippen molar-refractivity contribution in [1.82, 2.24) is 9.80 Å². The second-order valence-corrected chi connectivity index (χ2v) is 8.94. The van der Waals surface area contributed by atoms with E-state index in [1.54, 1.807) is 7.11 Å². The Morgan fingerprint density at radius 1 is 1.21 bits per heavy atom. The lowest BCUT2D eigenvalue weighted by Gasteiger charge is -2.43. The Morgan fingerprint density at radius 2 is 2.00 bits per heavy atom. The largest absolute Gasteiger partial charge is 0.497 e. The SMILES string of the molecule is COCC1CN(C2CCC2)CC12CCN(C(=O)Cc1cccc(OC)c1)CC2. The molecular formula is C23H34N2O3. The van der Waals surface area contributed by atoms with Gasteiger partial charge in [0.1, 0.15) is 5.75 Å². The molecule has 2 aliphatic heterocycles. The highest BCUT2D eigenvalue weighted by molar-refractivity contribution is 5.79. The first-order valence-electron chi connectivity index (χ1n) is 10.8. The molecule has 1 atom stereocenters. The molecule has 3 aliphatic rings. The fourth-order valence-electron chi connectivity index (χ4n) is 5.37. The molecule has 28 heavy (non-hydrogen) atoms. The Hall–Kier alpha value is -1.59. The number of carbonyl (C=O) groups excluding carboxylic acids is 1. The van der Waals surface area contributed by atoms with Crippen LogP contribution in [0, 0.1) is 11.3 Å². The molecule has 0 aromatic heterocycles. The van der Waals surface area contributed by atoms with Gasteiger partial charge in [0.15, 0.2) is 0 Å². The summed E-state index contributed by atoms with van der Waals surface area (Å²) < 4.78 is 10.9. The van der Waals surface area contributed by atoms with Gasteiger partial charge < -0.3 is 14.4 Å². The fourth-order valence-corrected chi connectivity index (χ4v) is 5.37. The van der Waals surface area contributed by atoms with Crippen molar-refractivity contribution in [3.8, 4) is 5.75 Å². The van der Waals surface area contributed by atoms with Crippen molar-refractivity contribution in [3.63, 3.8) is 0 Å². The molecule has 0 N–H and O–H groups in total. The van der Waals surface area contributed by atoms with E-state index in [0.29, 0.717) is 17.8 Å². The van der Waals surface area contributed by atoms with Gasteiger partial charge in [-0.05, 0) is 48.8 Å². The minimum atomic E-state index is 0.236. The van der Waals surface area contributed by atoms with Crippen LogP contribution in [0.2, 0.25) is 0 Å². The number of hydrogen-bond acceptors (Lipinski definition) is 4. The Labute approximate surface area is 169 Å². The van der Waals surface area contributed by atoms with Gasteiger partial charge in [0.25, 0.3) is 0 Å². The first-order chi connectivity index (χ1) is 13.6. The zero-order valence-corrected chi connectivity index (χ0v) is 17.4. The molecule has 5 heteroatoms. The lowest BCUT2D eigenvalue weighted by molar-refractivity contribution is -0.133. The van der Waals surface area contributed by atoms with Gasteiger partial charge in [-0.1, -0.05) is 18.6 Å². The second-order valence-electron chi connectivity index (χ2n) is 8.94. The monoisotopic (exact) mass is 386 g/mol.